The highest BCUT2D eigenvalue weighted by molar-refractivity contribution is 9.09. The van der Waals surface area contributed by atoms with Crippen LogP contribution in [0.4, 0.5) is 0 Å². The van der Waals surface area contributed by atoms with Crippen LogP contribution in [0.15, 0.2) is 48.5 Å². The summed E-state index contributed by atoms with van der Waals surface area (Å²) < 4.78 is 5.29. The number of aliphatic hydroxyl groups is 1. The summed E-state index contributed by atoms with van der Waals surface area (Å²) >= 11 is 3.77. The fourth-order valence-corrected chi connectivity index (χ4v) is 5.11. The maximum absolute atomic E-state index is 11.3. The zero-order valence-electron chi connectivity index (χ0n) is 17.4. The quantitative estimate of drug-likeness (QED) is 0.382. The van der Waals surface area contributed by atoms with Gasteiger partial charge >= 0.3 is 0 Å². The molecule has 0 aliphatic heterocycles. The number of halogens is 1. The highest BCUT2D eigenvalue weighted by Gasteiger charge is 2.42. The lowest BCUT2D eigenvalue weighted by atomic mass is 9.73. The SMILES string of the molecule is COc1ccc(Cc2nc3c(c4c2[nH]c2ccccc24)C(O)C(Br)C(C)(C)C3)cc1. The molecule has 2 aromatic carbocycles. The lowest BCUT2D eigenvalue weighted by Gasteiger charge is -2.39. The topological polar surface area (TPSA) is 58.1 Å². The summed E-state index contributed by atoms with van der Waals surface area (Å²) in [6.45, 7) is 4.37. The number of pyridine rings is 1. The summed E-state index contributed by atoms with van der Waals surface area (Å²) in [4.78, 5) is 8.67. The van der Waals surface area contributed by atoms with Crippen molar-refractivity contribution in [2.24, 2.45) is 5.41 Å². The third kappa shape index (κ3) is 3.03. The van der Waals surface area contributed by atoms with Crippen LogP contribution in [0.2, 0.25) is 0 Å². The second-order valence-electron chi connectivity index (χ2n) is 8.88. The molecule has 0 saturated carbocycles. The number of aromatic nitrogens is 2. The lowest BCUT2D eigenvalue weighted by Crippen LogP contribution is -2.37. The molecule has 4 nitrogen and oxygen atoms in total. The van der Waals surface area contributed by atoms with Crippen molar-refractivity contribution in [1.82, 2.24) is 9.97 Å². The number of H-pyrrole nitrogens is 1. The average molecular weight is 465 g/mol. The van der Waals surface area contributed by atoms with Crippen LogP contribution < -0.4 is 4.74 Å². The molecule has 5 heteroatoms. The zero-order valence-corrected chi connectivity index (χ0v) is 19.0. The Balaban J connectivity index is 1.75. The largest absolute Gasteiger partial charge is 0.497 e. The molecule has 154 valence electrons. The second-order valence-corrected chi connectivity index (χ2v) is 9.86. The Kier molecular flexibility index (Phi) is 4.64. The van der Waals surface area contributed by atoms with Gasteiger partial charge in [0.15, 0.2) is 0 Å². The van der Waals surface area contributed by atoms with Gasteiger partial charge in [0, 0.05) is 34.0 Å². The molecule has 0 saturated heterocycles. The molecule has 0 bridgehead atoms. The van der Waals surface area contributed by atoms with Crippen LogP contribution >= 0.6 is 15.9 Å². The predicted molar refractivity (Wildman–Crippen MR) is 125 cm³/mol. The van der Waals surface area contributed by atoms with Crippen molar-refractivity contribution >= 4 is 37.7 Å². The summed E-state index contributed by atoms with van der Waals surface area (Å²) in [6.07, 6.45) is 0.933. The van der Waals surface area contributed by atoms with Gasteiger partial charge in [-0.25, -0.2) is 0 Å². The second kappa shape index (κ2) is 7.10. The summed E-state index contributed by atoms with van der Waals surface area (Å²) in [5, 5.41) is 13.5. The summed E-state index contributed by atoms with van der Waals surface area (Å²) in [5.74, 6) is 0.848. The fourth-order valence-electron chi connectivity index (χ4n) is 4.68. The molecule has 2 atom stereocenters. The number of alkyl halides is 1. The Hall–Kier alpha value is -2.37. The summed E-state index contributed by atoms with van der Waals surface area (Å²) in [5.41, 5.74) is 6.16. The highest BCUT2D eigenvalue weighted by Crippen LogP contribution is 2.48. The zero-order chi connectivity index (χ0) is 21.0. The minimum Gasteiger partial charge on any atom is -0.497 e. The van der Waals surface area contributed by atoms with Gasteiger partial charge in [0.25, 0.3) is 0 Å². The number of methoxy groups -OCH3 is 1. The van der Waals surface area contributed by atoms with E-state index in [9.17, 15) is 5.11 Å². The van der Waals surface area contributed by atoms with Crippen molar-refractivity contribution in [3.63, 3.8) is 0 Å². The van der Waals surface area contributed by atoms with Crippen LogP contribution in [0.1, 0.15) is 42.5 Å². The van der Waals surface area contributed by atoms with Crippen LogP contribution in [-0.2, 0) is 12.8 Å². The number of nitrogens with zero attached hydrogens (tertiary/aromatic N) is 1. The van der Waals surface area contributed by atoms with E-state index in [0.717, 1.165) is 57.3 Å². The summed E-state index contributed by atoms with van der Waals surface area (Å²) in [7, 11) is 1.68. The van der Waals surface area contributed by atoms with Gasteiger partial charge in [0.2, 0.25) is 0 Å². The molecule has 1 aliphatic carbocycles. The third-order valence-corrected chi connectivity index (χ3v) is 8.06. The molecule has 0 spiro atoms. The van der Waals surface area contributed by atoms with E-state index in [1.54, 1.807) is 7.11 Å². The van der Waals surface area contributed by atoms with E-state index >= 15 is 0 Å². The van der Waals surface area contributed by atoms with E-state index in [-0.39, 0.29) is 10.2 Å². The number of rotatable bonds is 3. The van der Waals surface area contributed by atoms with Crippen LogP contribution in [0, 0.1) is 5.41 Å². The summed E-state index contributed by atoms with van der Waals surface area (Å²) in [6, 6.07) is 16.4. The van der Waals surface area contributed by atoms with Crippen molar-refractivity contribution in [3.05, 3.63) is 71.0 Å². The minimum atomic E-state index is -0.604. The smallest absolute Gasteiger partial charge is 0.118 e. The molecule has 2 aromatic heterocycles. The first kappa shape index (κ1) is 19.6. The molecule has 0 amide bonds. The first-order chi connectivity index (χ1) is 14.4. The number of aromatic amines is 1. The highest BCUT2D eigenvalue weighted by atomic mass is 79.9. The average Bonchev–Trinajstić information content (AvgIpc) is 3.12. The third-order valence-electron chi connectivity index (χ3n) is 6.32. The molecule has 2 unspecified atom stereocenters. The normalized spacial score (nSPS) is 20.4. The Bertz CT molecular complexity index is 1240. The molecule has 5 rings (SSSR count). The van der Waals surface area contributed by atoms with Gasteiger partial charge < -0.3 is 14.8 Å². The molecule has 0 fully saturated rings. The number of ether oxygens (including phenoxy) is 1. The Morgan fingerprint density at radius 2 is 1.90 bits per heavy atom. The number of fused-ring (bicyclic) bond motifs is 5. The van der Waals surface area contributed by atoms with Crippen LogP contribution in [0.3, 0.4) is 0 Å². The van der Waals surface area contributed by atoms with Gasteiger partial charge in [-0.05, 0) is 35.6 Å². The Labute approximate surface area is 184 Å². The predicted octanol–water partition coefficient (Wildman–Crippen LogP) is 5.69. The van der Waals surface area contributed by atoms with Gasteiger partial charge in [0.1, 0.15) is 5.75 Å². The Morgan fingerprint density at radius 1 is 1.17 bits per heavy atom. The first-order valence-corrected chi connectivity index (χ1v) is 11.2. The number of benzene rings is 2. The standard InChI is InChI=1S/C25H25BrN2O2/c1-25(2)13-19-21(23(29)24(25)26)20-16-6-4-5-7-17(16)28-22(20)18(27-19)12-14-8-10-15(30-3)11-9-14/h4-11,23-24,28-29H,12-13H2,1-3H3. The fraction of sp³-hybridized carbons (Fsp3) is 0.320. The molecule has 30 heavy (non-hydrogen) atoms. The molecule has 4 aromatic rings. The lowest BCUT2D eigenvalue weighted by molar-refractivity contribution is 0.112. The maximum atomic E-state index is 11.3. The van der Waals surface area contributed by atoms with Crippen molar-refractivity contribution in [2.75, 3.05) is 7.11 Å². The van der Waals surface area contributed by atoms with Crippen molar-refractivity contribution < 1.29 is 9.84 Å². The molecule has 1 aliphatic rings. The molecular weight excluding hydrogens is 440 g/mol. The number of para-hydroxylation sites is 1. The Morgan fingerprint density at radius 3 is 2.63 bits per heavy atom. The van der Waals surface area contributed by atoms with Crippen LogP contribution in [0.25, 0.3) is 21.8 Å². The maximum Gasteiger partial charge on any atom is 0.118 e. The van der Waals surface area contributed by atoms with Crippen LogP contribution in [-0.4, -0.2) is 27.0 Å². The molecule has 0 radical (unpaired) electrons. The number of aliphatic hydroxyl groups excluding tert-OH is 1. The van der Waals surface area contributed by atoms with E-state index in [1.807, 2.05) is 18.2 Å². The van der Waals surface area contributed by atoms with E-state index in [0.29, 0.717) is 0 Å². The van der Waals surface area contributed by atoms with Crippen molar-refractivity contribution in [1.29, 1.82) is 0 Å². The molecular formula is C25H25BrN2O2. The van der Waals surface area contributed by atoms with E-state index in [4.69, 9.17) is 9.72 Å². The van der Waals surface area contributed by atoms with Gasteiger partial charge in [-0.1, -0.05) is 60.1 Å². The monoisotopic (exact) mass is 464 g/mol. The van der Waals surface area contributed by atoms with Gasteiger partial charge in [0.05, 0.1) is 29.3 Å². The van der Waals surface area contributed by atoms with E-state index in [2.05, 4.69) is 65.1 Å². The van der Waals surface area contributed by atoms with E-state index < -0.39 is 6.10 Å². The van der Waals surface area contributed by atoms with Gasteiger partial charge in [-0.3, -0.25) is 4.98 Å². The van der Waals surface area contributed by atoms with Crippen molar-refractivity contribution in [3.8, 4) is 5.75 Å². The number of hydrogen-bond acceptors (Lipinski definition) is 3. The van der Waals surface area contributed by atoms with Crippen molar-refractivity contribution in [2.45, 2.75) is 37.6 Å². The first-order valence-electron chi connectivity index (χ1n) is 10.3. The van der Waals surface area contributed by atoms with Gasteiger partial charge in [-0.2, -0.15) is 0 Å². The number of nitrogens with one attached hydrogen (secondary N) is 1. The number of hydrogen-bond donors (Lipinski definition) is 2. The van der Waals surface area contributed by atoms with Gasteiger partial charge in [-0.15, -0.1) is 0 Å². The molecule has 2 heterocycles. The van der Waals surface area contributed by atoms with E-state index in [1.165, 1.54) is 5.56 Å². The molecule has 2 N–H and O–H groups in total. The minimum absolute atomic E-state index is 0.0244. The van der Waals surface area contributed by atoms with Crippen LogP contribution in [0.5, 0.6) is 5.75 Å².